The summed E-state index contributed by atoms with van der Waals surface area (Å²) in [6, 6.07) is 14.7. The average molecular weight is 474 g/mol. The van der Waals surface area contributed by atoms with Gasteiger partial charge in [0.05, 0.1) is 12.0 Å². The molecule has 0 spiro atoms. The van der Waals surface area contributed by atoms with Gasteiger partial charge >= 0.3 is 5.97 Å². The van der Waals surface area contributed by atoms with Crippen molar-refractivity contribution in [2.75, 3.05) is 6.61 Å². The van der Waals surface area contributed by atoms with E-state index in [1.54, 1.807) is 41.7 Å². The number of ether oxygens (including phenoxy) is 1. The van der Waals surface area contributed by atoms with Crippen molar-refractivity contribution in [2.45, 2.75) is 31.2 Å². The number of halogens is 1. The second kappa shape index (κ2) is 10.0. The lowest BCUT2D eigenvalue weighted by Crippen LogP contribution is -2.30. The molecule has 2 aromatic carbocycles. The number of nitrogen functional groups attached to an aromatic ring is 1. The fraction of sp³-hybridized carbons (Fsp3) is 0.261. The molecular weight excluding hydrogens is 450 g/mol. The Hall–Kier alpha value is -3.10. The molecule has 2 heterocycles. The molecule has 0 aliphatic carbocycles. The molecule has 4 rings (SSSR count). The number of nitrogens with two attached hydrogens (primary N) is 1. The van der Waals surface area contributed by atoms with Gasteiger partial charge in [-0.25, -0.2) is 0 Å². The van der Waals surface area contributed by atoms with Crippen molar-refractivity contribution in [1.82, 2.24) is 5.32 Å². The molecule has 9 heteroatoms. The number of carboxylic acids is 1. The summed E-state index contributed by atoms with van der Waals surface area (Å²) in [6.45, 7) is 0.400. The monoisotopic (exact) mass is 473 g/mol. The van der Waals surface area contributed by atoms with Crippen LogP contribution in [0, 0.1) is 5.41 Å². The molecule has 5 N–H and O–H groups in total. The first kappa shape index (κ1) is 23.6. The van der Waals surface area contributed by atoms with Crippen molar-refractivity contribution in [2.24, 2.45) is 5.73 Å². The van der Waals surface area contributed by atoms with Gasteiger partial charge < -0.3 is 20.9 Å². The third-order valence-electron chi connectivity index (χ3n) is 5.40. The first-order valence-electron chi connectivity index (χ1n) is 10.0. The fourth-order valence-corrected chi connectivity index (χ4v) is 4.80. The summed E-state index contributed by atoms with van der Waals surface area (Å²) >= 11 is 1.55. The number of hydrogen-bond donors (Lipinski definition) is 4. The molecule has 0 bridgehead atoms. The SMILES string of the molecule is Cl.N=C(N)c1ccc2sc(CC(C(=O)O)c3ccc(OC[C@@H]4CCC(=O)N4)cc3)cc2c1. The molecule has 1 fully saturated rings. The summed E-state index contributed by atoms with van der Waals surface area (Å²) in [5.74, 6) is -0.858. The second-order valence-corrected chi connectivity index (χ2v) is 8.83. The van der Waals surface area contributed by atoms with Crippen LogP contribution in [-0.2, 0) is 16.0 Å². The highest BCUT2D eigenvalue weighted by Gasteiger charge is 2.23. The van der Waals surface area contributed by atoms with Crippen LogP contribution in [0.2, 0.25) is 0 Å². The van der Waals surface area contributed by atoms with Crippen LogP contribution in [-0.4, -0.2) is 35.5 Å². The molecule has 2 atom stereocenters. The van der Waals surface area contributed by atoms with Crippen LogP contribution >= 0.6 is 23.7 Å². The van der Waals surface area contributed by atoms with Crippen LogP contribution in [0.3, 0.4) is 0 Å². The molecule has 0 radical (unpaired) electrons. The molecule has 1 amide bonds. The minimum Gasteiger partial charge on any atom is -0.491 e. The number of carbonyl (C=O) groups is 2. The molecule has 1 aliphatic rings. The van der Waals surface area contributed by atoms with E-state index in [9.17, 15) is 14.7 Å². The molecule has 0 saturated carbocycles. The van der Waals surface area contributed by atoms with E-state index in [0.29, 0.717) is 36.3 Å². The molecule has 1 aromatic heterocycles. The summed E-state index contributed by atoms with van der Waals surface area (Å²) in [4.78, 5) is 24.2. The number of aliphatic carboxylic acids is 1. The normalized spacial score (nSPS) is 16.2. The smallest absolute Gasteiger partial charge is 0.311 e. The highest BCUT2D eigenvalue weighted by Crippen LogP contribution is 2.31. The molecule has 3 aromatic rings. The van der Waals surface area contributed by atoms with Gasteiger partial charge in [0, 0.05) is 21.6 Å². The van der Waals surface area contributed by atoms with E-state index in [4.69, 9.17) is 15.9 Å². The Labute approximate surface area is 195 Å². The topological polar surface area (TPSA) is 126 Å². The van der Waals surface area contributed by atoms with Gasteiger partial charge in [0.15, 0.2) is 0 Å². The second-order valence-electron chi connectivity index (χ2n) is 7.66. The Morgan fingerprint density at radius 3 is 2.62 bits per heavy atom. The summed E-state index contributed by atoms with van der Waals surface area (Å²) in [7, 11) is 0. The van der Waals surface area contributed by atoms with E-state index in [2.05, 4.69) is 5.32 Å². The molecular formula is C23H24ClN3O4S. The van der Waals surface area contributed by atoms with E-state index in [1.807, 2.05) is 18.2 Å². The Kier molecular flexibility index (Phi) is 7.37. The van der Waals surface area contributed by atoms with Crippen molar-refractivity contribution in [1.29, 1.82) is 5.41 Å². The lowest BCUT2D eigenvalue weighted by Gasteiger charge is -2.14. The van der Waals surface area contributed by atoms with Gasteiger partial charge in [0.1, 0.15) is 18.2 Å². The number of hydrogen-bond acceptors (Lipinski definition) is 5. The molecule has 7 nitrogen and oxygen atoms in total. The van der Waals surface area contributed by atoms with Crippen molar-refractivity contribution in [3.63, 3.8) is 0 Å². The molecule has 1 saturated heterocycles. The highest BCUT2D eigenvalue weighted by atomic mass is 35.5. The number of carbonyl (C=O) groups excluding carboxylic acids is 1. The Bertz CT molecular complexity index is 1150. The third kappa shape index (κ3) is 5.38. The van der Waals surface area contributed by atoms with E-state index in [-0.39, 0.29) is 30.2 Å². The maximum atomic E-state index is 12.0. The van der Waals surface area contributed by atoms with Crippen molar-refractivity contribution >= 4 is 51.5 Å². The first-order chi connectivity index (χ1) is 14.9. The molecule has 1 aliphatic heterocycles. The van der Waals surface area contributed by atoms with Crippen molar-refractivity contribution < 1.29 is 19.4 Å². The maximum absolute atomic E-state index is 12.0. The Morgan fingerprint density at radius 2 is 2.00 bits per heavy atom. The van der Waals surface area contributed by atoms with Crippen molar-refractivity contribution in [3.8, 4) is 5.75 Å². The van der Waals surface area contributed by atoms with Gasteiger partial charge in [-0.2, -0.15) is 0 Å². The fourth-order valence-electron chi connectivity index (χ4n) is 3.71. The zero-order valence-corrected chi connectivity index (χ0v) is 18.8. The van der Waals surface area contributed by atoms with E-state index >= 15 is 0 Å². The number of thiophene rings is 1. The molecule has 1 unspecified atom stereocenters. The lowest BCUT2D eigenvalue weighted by molar-refractivity contribution is -0.138. The van der Waals surface area contributed by atoms with Gasteiger partial charge in [-0.1, -0.05) is 12.1 Å². The van der Waals surface area contributed by atoms with E-state index in [0.717, 1.165) is 21.4 Å². The minimum atomic E-state index is -0.885. The standard InChI is InChI=1S/C23H23N3O4S.ClH/c24-22(25)14-3-7-20-15(9-14)10-18(31-20)11-19(23(28)29)13-1-5-17(6-2-13)30-12-16-4-8-21(27)26-16;/h1-3,5-7,9-10,16,19H,4,8,11-12H2,(H3,24,25)(H,26,27)(H,28,29);1H/t16-,19?;/m0./s1. The summed E-state index contributed by atoms with van der Waals surface area (Å²) < 4.78 is 6.77. The number of amidine groups is 1. The number of rotatable bonds is 8. The largest absolute Gasteiger partial charge is 0.491 e. The minimum absolute atomic E-state index is 0. The highest BCUT2D eigenvalue weighted by molar-refractivity contribution is 7.19. The predicted molar refractivity (Wildman–Crippen MR) is 127 cm³/mol. The van der Waals surface area contributed by atoms with E-state index < -0.39 is 11.9 Å². The van der Waals surface area contributed by atoms with Crippen LogP contribution in [0.1, 0.15) is 34.8 Å². The van der Waals surface area contributed by atoms with Crippen LogP contribution in [0.4, 0.5) is 0 Å². The van der Waals surface area contributed by atoms with Gasteiger partial charge in [0.25, 0.3) is 0 Å². The number of benzene rings is 2. The molecule has 168 valence electrons. The number of nitrogens with one attached hydrogen (secondary N) is 2. The van der Waals surface area contributed by atoms with Crippen LogP contribution in [0.5, 0.6) is 5.75 Å². The van der Waals surface area contributed by atoms with Crippen LogP contribution < -0.4 is 15.8 Å². The van der Waals surface area contributed by atoms with Gasteiger partial charge in [-0.05, 0) is 60.2 Å². The average Bonchev–Trinajstić information content (AvgIpc) is 3.35. The number of fused-ring (bicyclic) bond motifs is 1. The van der Waals surface area contributed by atoms with E-state index in [1.165, 1.54) is 0 Å². The lowest BCUT2D eigenvalue weighted by atomic mass is 9.95. The summed E-state index contributed by atoms with van der Waals surface area (Å²) in [5.41, 5.74) is 6.92. The maximum Gasteiger partial charge on any atom is 0.311 e. The summed E-state index contributed by atoms with van der Waals surface area (Å²) in [6.07, 6.45) is 1.67. The van der Waals surface area contributed by atoms with Crippen molar-refractivity contribution in [3.05, 3.63) is 64.5 Å². The van der Waals surface area contributed by atoms with Crippen LogP contribution in [0.15, 0.2) is 48.5 Å². The molecule has 32 heavy (non-hydrogen) atoms. The Morgan fingerprint density at radius 1 is 1.25 bits per heavy atom. The van der Waals surface area contributed by atoms with Gasteiger partial charge in [-0.3, -0.25) is 15.0 Å². The number of amides is 1. The van der Waals surface area contributed by atoms with Crippen LogP contribution in [0.25, 0.3) is 10.1 Å². The number of carboxylic acid groups (broad SMARTS) is 1. The third-order valence-corrected chi connectivity index (χ3v) is 6.54. The zero-order chi connectivity index (χ0) is 22.0. The predicted octanol–water partition coefficient (Wildman–Crippen LogP) is 3.68. The first-order valence-corrected chi connectivity index (χ1v) is 10.8. The quantitative estimate of drug-likeness (QED) is 0.293. The summed E-state index contributed by atoms with van der Waals surface area (Å²) in [5, 5.41) is 21.2. The van der Waals surface area contributed by atoms with Gasteiger partial charge in [0.2, 0.25) is 5.91 Å². The van der Waals surface area contributed by atoms with Gasteiger partial charge in [-0.15, -0.1) is 23.7 Å². The zero-order valence-electron chi connectivity index (χ0n) is 17.2. The Balaban J connectivity index is 0.00000289.